The highest BCUT2D eigenvalue weighted by Crippen LogP contribution is 2.60. The first kappa shape index (κ1) is 16.2. The molecule has 1 unspecified atom stereocenters. The number of benzene rings is 2. The molecule has 0 saturated heterocycles. The van der Waals surface area contributed by atoms with Crippen molar-refractivity contribution in [3.63, 3.8) is 0 Å². The van der Waals surface area contributed by atoms with E-state index in [9.17, 15) is 9.59 Å². The molecule has 1 fully saturated rings. The molecule has 0 aliphatic heterocycles. The summed E-state index contributed by atoms with van der Waals surface area (Å²) in [7, 11) is 1.32. The molecule has 124 valence electrons. The number of amides is 1. The molecular weight excluding hydrogens is 302 g/mol. The zero-order valence-corrected chi connectivity index (χ0v) is 13.8. The molecule has 1 saturated carbocycles. The molecule has 4 atom stereocenters. The minimum atomic E-state index is -0.643. The Morgan fingerprint density at radius 2 is 1.38 bits per heavy atom. The number of hydrogen-bond acceptors (Lipinski definition) is 3. The molecule has 24 heavy (non-hydrogen) atoms. The van der Waals surface area contributed by atoms with E-state index in [1.54, 1.807) is 6.92 Å². The number of methoxy groups -OCH3 is 1. The van der Waals surface area contributed by atoms with Gasteiger partial charge in [0.1, 0.15) is 6.04 Å². The molecule has 0 aromatic heterocycles. The summed E-state index contributed by atoms with van der Waals surface area (Å²) >= 11 is 0. The van der Waals surface area contributed by atoms with Crippen LogP contribution in [0.3, 0.4) is 0 Å². The number of hydrogen-bond donors (Lipinski definition) is 1. The number of rotatable bonds is 5. The van der Waals surface area contributed by atoms with Crippen LogP contribution in [0.2, 0.25) is 0 Å². The van der Waals surface area contributed by atoms with Gasteiger partial charge in [-0.05, 0) is 18.1 Å². The predicted molar refractivity (Wildman–Crippen MR) is 91.5 cm³/mol. The smallest absolute Gasteiger partial charge is 0.328 e. The van der Waals surface area contributed by atoms with Gasteiger partial charge in [0.05, 0.1) is 13.0 Å². The van der Waals surface area contributed by atoms with Gasteiger partial charge >= 0.3 is 5.97 Å². The average Bonchev–Trinajstić information content (AvgIpc) is 3.38. The van der Waals surface area contributed by atoms with E-state index in [4.69, 9.17) is 0 Å². The molecule has 1 amide bonds. The maximum Gasteiger partial charge on any atom is 0.328 e. The van der Waals surface area contributed by atoms with Crippen molar-refractivity contribution >= 4 is 11.9 Å². The third-order valence-electron chi connectivity index (χ3n) is 4.60. The van der Waals surface area contributed by atoms with Crippen molar-refractivity contribution in [2.24, 2.45) is 5.92 Å². The van der Waals surface area contributed by atoms with Crippen LogP contribution in [0.1, 0.15) is 29.9 Å². The number of esters is 1. The highest BCUT2D eigenvalue weighted by molar-refractivity contribution is 5.89. The first-order chi connectivity index (χ1) is 11.6. The standard InChI is InChI=1S/C20H21NO3/c1-13(20(23)24-2)21-19(22)18-16(14-9-5-3-6-10-14)17(18)15-11-7-4-8-12-15/h3-13,16-18H,1-2H3,(H,21,22)/t13-,16-,17+,18?/m0/s1. The van der Waals surface area contributed by atoms with Crippen molar-refractivity contribution in [1.29, 1.82) is 0 Å². The molecule has 0 radical (unpaired) electrons. The fourth-order valence-electron chi connectivity index (χ4n) is 3.36. The van der Waals surface area contributed by atoms with E-state index >= 15 is 0 Å². The van der Waals surface area contributed by atoms with Crippen molar-refractivity contribution in [2.75, 3.05) is 7.11 Å². The van der Waals surface area contributed by atoms with Gasteiger partial charge in [0.25, 0.3) is 0 Å². The fourth-order valence-corrected chi connectivity index (χ4v) is 3.36. The molecule has 0 bridgehead atoms. The number of carbonyl (C=O) groups is 2. The van der Waals surface area contributed by atoms with Crippen LogP contribution in [0, 0.1) is 5.92 Å². The second kappa shape index (κ2) is 6.87. The lowest BCUT2D eigenvalue weighted by Crippen LogP contribution is -2.40. The van der Waals surface area contributed by atoms with Crippen LogP contribution in [0.25, 0.3) is 0 Å². The quantitative estimate of drug-likeness (QED) is 0.861. The highest BCUT2D eigenvalue weighted by atomic mass is 16.5. The van der Waals surface area contributed by atoms with Gasteiger partial charge < -0.3 is 10.1 Å². The summed E-state index contributed by atoms with van der Waals surface area (Å²) in [5.74, 6) is -0.425. The summed E-state index contributed by atoms with van der Waals surface area (Å²) in [5, 5.41) is 2.78. The summed E-state index contributed by atoms with van der Waals surface area (Å²) < 4.78 is 4.68. The van der Waals surface area contributed by atoms with Crippen LogP contribution in [0.4, 0.5) is 0 Å². The molecule has 0 heterocycles. The lowest BCUT2D eigenvalue weighted by atomic mass is 10.0. The number of nitrogens with one attached hydrogen (secondary N) is 1. The first-order valence-corrected chi connectivity index (χ1v) is 8.11. The number of ether oxygens (including phenoxy) is 1. The Hall–Kier alpha value is -2.62. The van der Waals surface area contributed by atoms with Gasteiger partial charge in [-0.1, -0.05) is 60.7 Å². The second-order valence-corrected chi connectivity index (χ2v) is 6.15. The van der Waals surface area contributed by atoms with Crippen molar-refractivity contribution < 1.29 is 14.3 Å². The van der Waals surface area contributed by atoms with Crippen molar-refractivity contribution in [1.82, 2.24) is 5.32 Å². The largest absolute Gasteiger partial charge is 0.467 e. The van der Waals surface area contributed by atoms with Gasteiger partial charge in [0, 0.05) is 11.8 Å². The van der Waals surface area contributed by atoms with Gasteiger partial charge in [-0.2, -0.15) is 0 Å². The van der Waals surface area contributed by atoms with Crippen LogP contribution in [0.15, 0.2) is 60.7 Å². The average molecular weight is 323 g/mol. The van der Waals surface area contributed by atoms with Crippen LogP contribution in [-0.2, 0) is 14.3 Å². The normalized spacial score (nSPS) is 23.2. The van der Waals surface area contributed by atoms with Crippen LogP contribution >= 0.6 is 0 Å². The van der Waals surface area contributed by atoms with Crippen molar-refractivity contribution in [3.8, 4) is 0 Å². The van der Waals surface area contributed by atoms with Crippen LogP contribution in [0.5, 0.6) is 0 Å². The van der Waals surface area contributed by atoms with Gasteiger partial charge in [0.15, 0.2) is 0 Å². The zero-order valence-electron chi connectivity index (χ0n) is 13.8. The number of carbonyl (C=O) groups excluding carboxylic acids is 2. The lowest BCUT2D eigenvalue weighted by Gasteiger charge is -2.11. The summed E-state index contributed by atoms with van der Waals surface area (Å²) in [5.41, 5.74) is 2.30. The van der Waals surface area contributed by atoms with Gasteiger partial charge in [0.2, 0.25) is 5.91 Å². The van der Waals surface area contributed by atoms with E-state index in [0.717, 1.165) is 11.1 Å². The van der Waals surface area contributed by atoms with E-state index in [1.807, 2.05) is 36.4 Å². The Morgan fingerprint density at radius 3 is 1.79 bits per heavy atom. The molecule has 2 aromatic rings. The summed E-state index contributed by atoms with van der Waals surface area (Å²) in [6.45, 7) is 1.64. The molecule has 4 nitrogen and oxygen atoms in total. The van der Waals surface area contributed by atoms with Crippen LogP contribution < -0.4 is 5.32 Å². The summed E-state index contributed by atoms with van der Waals surface area (Å²) in [6.07, 6.45) is 0. The molecule has 1 N–H and O–H groups in total. The van der Waals surface area contributed by atoms with E-state index < -0.39 is 12.0 Å². The topological polar surface area (TPSA) is 55.4 Å². The maximum atomic E-state index is 12.7. The molecular formula is C20H21NO3. The van der Waals surface area contributed by atoms with Gasteiger partial charge in [-0.25, -0.2) is 4.79 Å². The van der Waals surface area contributed by atoms with E-state index in [0.29, 0.717) is 0 Å². The minimum absolute atomic E-state index is 0.101. The fraction of sp³-hybridized carbons (Fsp3) is 0.300. The predicted octanol–water partition coefficient (Wildman–Crippen LogP) is 2.86. The Bertz CT molecular complexity index is 669. The Balaban J connectivity index is 1.82. The van der Waals surface area contributed by atoms with Gasteiger partial charge in [-0.15, -0.1) is 0 Å². The third kappa shape index (κ3) is 3.18. The maximum absolute atomic E-state index is 12.7. The summed E-state index contributed by atoms with van der Waals surface area (Å²) in [6, 6.07) is 19.5. The lowest BCUT2D eigenvalue weighted by molar-refractivity contribution is -0.144. The molecule has 4 heteroatoms. The first-order valence-electron chi connectivity index (χ1n) is 8.11. The second-order valence-electron chi connectivity index (χ2n) is 6.15. The summed E-state index contributed by atoms with van der Waals surface area (Å²) in [4.78, 5) is 24.2. The Kier molecular flexibility index (Phi) is 4.65. The molecule has 1 aliphatic rings. The van der Waals surface area contributed by atoms with Gasteiger partial charge in [-0.3, -0.25) is 4.79 Å². The SMILES string of the molecule is COC(=O)[C@H](C)NC(=O)C1[C@@H](c2ccccc2)[C@H]1c1ccccc1. The Labute approximate surface area is 141 Å². The minimum Gasteiger partial charge on any atom is -0.467 e. The van der Waals surface area contributed by atoms with E-state index in [2.05, 4.69) is 34.3 Å². The zero-order chi connectivity index (χ0) is 17.1. The van der Waals surface area contributed by atoms with E-state index in [-0.39, 0.29) is 23.7 Å². The molecule has 2 aromatic carbocycles. The third-order valence-corrected chi connectivity index (χ3v) is 4.60. The van der Waals surface area contributed by atoms with Crippen LogP contribution in [-0.4, -0.2) is 25.0 Å². The van der Waals surface area contributed by atoms with Crippen molar-refractivity contribution in [3.05, 3.63) is 71.8 Å². The molecule has 3 rings (SSSR count). The van der Waals surface area contributed by atoms with Crippen molar-refractivity contribution in [2.45, 2.75) is 24.8 Å². The molecule has 1 aliphatic carbocycles. The van der Waals surface area contributed by atoms with E-state index in [1.165, 1.54) is 7.11 Å². The Morgan fingerprint density at radius 1 is 0.917 bits per heavy atom. The monoisotopic (exact) mass is 323 g/mol. The highest BCUT2D eigenvalue weighted by Gasteiger charge is 2.56. The molecule has 0 spiro atoms.